The third kappa shape index (κ3) is 3.46. The first-order valence-electron chi connectivity index (χ1n) is 6.89. The molecule has 1 N–H and O–H groups in total. The monoisotopic (exact) mass is 289 g/mol. The van der Waals surface area contributed by atoms with Crippen LogP contribution in [0.15, 0.2) is 18.2 Å². The maximum atomic E-state index is 9.13. The van der Waals surface area contributed by atoms with Gasteiger partial charge in [-0.15, -0.1) is 5.10 Å². The van der Waals surface area contributed by atoms with Crippen LogP contribution in [0, 0.1) is 0 Å². The minimum absolute atomic E-state index is 0.0557. The van der Waals surface area contributed by atoms with Gasteiger partial charge in [0.15, 0.2) is 11.5 Å². The summed E-state index contributed by atoms with van der Waals surface area (Å²) in [5.41, 5.74) is 2.51. The van der Waals surface area contributed by atoms with E-state index in [2.05, 4.69) is 15.2 Å². The second-order valence-electron chi connectivity index (χ2n) is 4.44. The average Bonchev–Trinajstić information content (AvgIpc) is 2.55. The molecule has 1 heterocycles. The minimum Gasteiger partial charge on any atom is -0.493 e. The number of hydrogen-bond acceptors (Lipinski definition) is 6. The number of rotatable bonds is 6. The Bertz CT molecular complexity index is 617. The Kier molecular flexibility index (Phi) is 5.05. The van der Waals surface area contributed by atoms with Gasteiger partial charge in [-0.1, -0.05) is 25.0 Å². The van der Waals surface area contributed by atoms with Gasteiger partial charge in [0.05, 0.1) is 25.1 Å². The van der Waals surface area contributed by atoms with E-state index in [9.17, 15) is 0 Å². The van der Waals surface area contributed by atoms with Crippen molar-refractivity contribution in [2.45, 2.75) is 33.3 Å². The maximum Gasteiger partial charge on any atom is 0.341 e. The molecule has 1 aromatic carbocycles. The lowest BCUT2D eigenvalue weighted by Crippen LogP contribution is -2.04. The Hall–Kier alpha value is -2.21. The molecular formula is C15H19N3O3. The number of ether oxygens (including phenoxy) is 2. The van der Waals surface area contributed by atoms with E-state index < -0.39 is 0 Å². The molecule has 0 fully saturated rings. The van der Waals surface area contributed by atoms with Gasteiger partial charge >= 0.3 is 6.01 Å². The van der Waals surface area contributed by atoms with E-state index in [1.807, 2.05) is 13.8 Å². The number of nitrogens with zero attached hydrogens (tertiary/aromatic N) is 3. The highest BCUT2D eigenvalue weighted by Gasteiger charge is 2.11. The molecule has 0 aliphatic carbocycles. The molecule has 1 aromatic heterocycles. The molecule has 6 heteroatoms. The van der Waals surface area contributed by atoms with Gasteiger partial charge in [-0.25, -0.2) is 0 Å². The quantitative estimate of drug-likeness (QED) is 0.879. The molecule has 0 radical (unpaired) electrons. The van der Waals surface area contributed by atoms with Crippen molar-refractivity contribution in [3.63, 3.8) is 0 Å². The number of benzene rings is 1. The molecule has 0 amide bonds. The highest BCUT2D eigenvalue weighted by molar-refractivity contribution is 5.44. The van der Waals surface area contributed by atoms with Crippen molar-refractivity contribution < 1.29 is 14.6 Å². The number of aliphatic hydroxyl groups is 1. The summed E-state index contributed by atoms with van der Waals surface area (Å²) in [6.45, 7) is 3.98. The lowest BCUT2D eigenvalue weighted by atomic mass is 10.2. The lowest BCUT2D eigenvalue weighted by Gasteiger charge is -2.11. The lowest BCUT2D eigenvalue weighted by molar-refractivity contribution is 0.280. The molecule has 0 saturated heterocycles. The van der Waals surface area contributed by atoms with Crippen molar-refractivity contribution in [2.24, 2.45) is 0 Å². The summed E-state index contributed by atoms with van der Waals surface area (Å²) in [5, 5.41) is 17.3. The molecular weight excluding hydrogens is 270 g/mol. The van der Waals surface area contributed by atoms with Crippen LogP contribution in [0.1, 0.15) is 30.8 Å². The van der Waals surface area contributed by atoms with Crippen LogP contribution in [-0.2, 0) is 19.4 Å². The summed E-state index contributed by atoms with van der Waals surface area (Å²) in [5.74, 6) is 1.01. The molecule has 0 aliphatic rings. The summed E-state index contributed by atoms with van der Waals surface area (Å²) in [6.07, 6.45) is 1.56. The number of methoxy groups -OCH3 is 1. The second-order valence-corrected chi connectivity index (χ2v) is 4.44. The fourth-order valence-electron chi connectivity index (χ4n) is 1.96. The SMILES string of the molecule is CCc1nnc(Oc2ccc(CO)cc2OC)nc1CC. The van der Waals surface area contributed by atoms with E-state index in [1.165, 1.54) is 0 Å². The van der Waals surface area contributed by atoms with Crippen LogP contribution in [0.3, 0.4) is 0 Å². The first-order chi connectivity index (χ1) is 10.2. The fraction of sp³-hybridized carbons (Fsp3) is 0.400. The van der Waals surface area contributed by atoms with Gasteiger partial charge in [0.25, 0.3) is 0 Å². The Labute approximate surface area is 123 Å². The molecule has 2 rings (SSSR count). The standard InChI is InChI=1S/C15H19N3O3/c1-4-11-12(5-2)17-18-15(16-11)21-13-7-6-10(9-19)8-14(13)20-3/h6-8,19H,4-5,9H2,1-3H3. The molecule has 0 spiro atoms. The van der Waals surface area contributed by atoms with Crippen LogP contribution in [0.25, 0.3) is 0 Å². The van der Waals surface area contributed by atoms with E-state index in [1.54, 1.807) is 25.3 Å². The van der Waals surface area contributed by atoms with E-state index >= 15 is 0 Å². The van der Waals surface area contributed by atoms with E-state index in [0.717, 1.165) is 29.8 Å². The second kappa shape index (κ2) is 6.99. The van der Waals surface area contributed by atoms with Crippen molar-refractivity contribution >= 4 is 0 Å². The molecule has 6 nitrogen and oxygen atoms in total. The molecule has 2 aromatic rings. The number of aromatic nitrogens is 3. The molecule has 0 atom stereocenters. The summed E-state index contributed by atoms with van der Waals surface area (Å²) in [4.78, 5) is 4.37. The van der Waals surface area contributed by atoms with Crippen LogP contribution in [0.4, 0.5) is 0 Å². The van der Waals surface area contributed by atoms with Gasteiger partial charge in [0, 0.05) is 0 Å². The molecule has 0 unspecified atom stereocenters. The van der Waals surface area contributed by atoms with Crippen molar-refractivity contribution in [2.75, 3.05) is 7.11 Å². The first kappa shape index (κ1) is 15.2. The maximum absolute atomic E-state index is 9.13. The van der Waals surface area contributed by atoms with Gasteiger partial charge in [0.1, 0.15) is 0 Å². The highest BCUT2D eigenvalue weighted by Crippen LogP contribution is 2.31. The van der Waals surface area contributed by atoms with Gasteiger partial charge in [-0.2, -0.15) is 4.98 Å². The van der Waals surface area contributed by atoms with Gasteiger partial charge in [0.2, 0.25) is 0 Å². The fourth-order valence-corrected chi connectivity index (χ4v) is 1.96. The van der Waals surface area contributed by atoms with Crippen LogP contribution in [0.2, 0.25) is 0 Å². The van der Waals surface area contributed by atoms with E-state index in [0.29, 0.717) is 11.5 Å². The molecule has 0 bridgehead atoms. The number of hydrogen-bond donors (Lipinski definition) is 1. The van der Waals surface area contributed by atoms with Crippen LogP contribution < -0.4 is 9.47 Å². The van der Waals surface area contributed by atoms with Gasteiger partial charge < -0.3 is 14.6 Å². The van der Waals surface area contributed by atoms with Crippen molar-refractivity contribution in [1.82, 2.24) is 15.2 Å². The summed E-state index contributed by atoms with van der Waals surface area (Å²) < 4.78 is 10.9. The van der Waals surface area contributed by atoms with Crippen LogP contribution in [0.5, 0.6) is 17.5 Å². The molecule has 21 heavy (non-hydrogen) atoms. The van der Waals surface area contributed by atoms with Crippen molar-refractivity contribution in [3.05, 3.63) is 35.2 Å². The predicted molar refractivity (Wildman–Crippen MR) is 77.6 cm³/mol. The molecule has 0 saturated carbocycles. The third-order valence-corrected chi connectivity index (χ3v) is 3.10. The zero-order valence-electron chi connectivity index (χ0n) is 12.5. The summed E-state index contributed by atoms with van der Waals surface area (Å²) in [7, 11) is 1.54. The van der Waals surface area contributed by atoms with Gasteiger partial charge in [-0.05, 0) is 30.5 Å². The van der Waals surface area contributed by atoms with Crippen LogP contribution >= 0.6 is 0 Å². The Morgan fingerprint density at radius 3 is 2.43 bits per heavy atom. The van der Waals surface area contributed by atoms with Crippen molar-refractivity contribution in [3.8, 4) is 17.5 Å². The minimum atomic E-state index is -0.0557. The Morgan fingerprint density at radius 1 is 1.05 bits per heavy atom. The number of aliphatic hydroxyl groups excluding tert-OH is 1. The zero-order valence-corrected chi connectivity index (χ0v) is 12.5. The third-order valence-electron chi connectivity index (χ3n) is 3.10. The Morgan fingerprint density at radius 2 is 1.81 bits per heavy atom. The summed E-state index contributed by atoms with van der Waals surface area (Å²) >= 11 is 0. The topological polar surface area (TPSA) is 77.4 Å². The van der Waals surface area contributed by atoms with Crippen LogP contribution in [-0.4, -0.2) is 27.4 Å². The van der Waals surface area contributed by atoms with Crippen molar-refractivity contribution in [1.29, 1.82) is 0 Å². The average molecular weight is 289 g/mol. The summed E-state index contributed by atoms with van der Waals surface area (Å²) in [6, 6.07) is 5.38. The van der Waals surface area contributed by atoms with Gasteiger partial charge in [-0.3, -0.25) is 0 Å². The smallest absolute Gasteiger partial charge is 0.341 e. The Balaban J connectivity index is 2.29. The number of aryl methyl sites for hydroxylation is 2. The van der Waals surface area contributed by atoms with E-state index in [4.69, 9.17) is 14.6 Å². The zero-order chi connectivity index (χ0) is 15.2. The molecule has 0 aliphatic heterocycles. The normalized spacial score (nSPS) is 10.5. The molecule has 112 valence electrons. The first-order valence-corrected chi connectivity index (χ1v) is 6.89. The highest BCUT2D eigenvalue weighted by atomic mass is 16.5. The van der Waals surface area contributed by atoms with E-state index in [-0.39, 0.29) is 12.6 Å². The predicted octanol–water partition coefficient (Wildman–Crippen LogP) is 2.29. The largest absolute Gasteiger partial charge is 0.493 e.